The lowest BCUT2D eigenvalue weighted by molar-refractivity contribution is 0.352. The van der Waals surface area contributed by atoms with Crippen molar-refractivity contribution in [1.29, 1.82) is 0 Å². The number of rotatable bonds is 4. The third-order valence-electron chi connectivity index (χ3n) is 1.58. The van der Waals surface area contributed by atoms with Gasteiger partial charge < -0.3 is 4.65 Å². The van der Waals surface area contributed by atoms with Crippen molar-refractivity contribution in [1.82, 2.24) is 0 Å². The van der Waals surface area contributed by atoms with Gasteiger partial charge in [-0.3, -0.25) is 0 Å². The first-order chi connectivity index (χ1) is 5.26. The highest BCUT2D eigenvalue weighted by Gasteiger charge is 2.09. The van der Waals surface area contributed by atoms with Crippen LogP contribution in [0.4, 0.5) is 0 Å². The molecule has 0 aliphatic heterocycles. The largest absolute Gasteiger partial charge is 0.431 e. The molecule has 0 aromatic carbocycles. The van der Waals surface area contributed by atoms with Gasteiger partial charge in [-0.15, -0.1) is 0 Å². The SMILES string of the molecule is C/C=C\C(=C/C)B(C)OCC. The smallest absolute Gasteiger partial charge is 0.323 e. The van der Waals surface area contributed by atoms with Crippen LogP contribution in [0.5, 0.6) is 0 Å². The third-order valence-corrected chi connectivity index (χ3v) is 1.58. The van der Waals surface area contributed by atoms with Crippen LogP contribution < -0.4 is 0 Å². The van der Waals surface area contributed by atoms with Crippen LogP contribution in [0.1, 0.15) is 20.8 Å². The maximum atomic E-state index is 5.43. The van der Waals surface area contributed by atoms with Crippen molar-refractivity contribution in [3.8, 4) is 0 Å². The van der Waals surface area contributed by atoms with Gasteiger partial charge in [0, 0.05) is 6.61 Å². The molecule has 0 unspecified atom stereocenters. The Hall–Kier alpha value is -0.495. The molecule has 2 heteroatoms. The van der Waals surface area contributed by atoms with Gasteiger partial charge >= 0.3 is 6.92 Å². The zero-order valence-corrected chi connectivity index (χ0v) is 7.92. The number of hydrogen-bond donors (Lipinski definition) is 0. The summed E-state index contributed by atoms with van der Waals surface area (Å²) in [5.41, 5.74) is 1.24. The summed E-state index contributed by atoms with van der Waals surface area (Å²) in [5, 5.41) is 0. The van der Waals surface area contributed by atoms with E-state index in [4.69, 9.17) is 4.65 Å². The molecule has 0 aromatic heterocycles. The van der Waals surface area contributed by atoms with Crippen LogP contribution in [0.25, 0.3) is 0 Å². The highest BCUT2D eigenvalue weighted by molar-refractivity contribution is 6.59. The van der Waals surface area contributed by atoms with Gasteiger partial charge in [0.1, 0.15) is 0 Å². The van der Waals surface area contributed by atoms with E-state index in [1.807, 2.05) is 26.8 Å². The number of hydrogen-bond acceptors (Lipinski definition) is 1. The van der Waals surface area contributed by atoms with E-state index in [0.717, 1.165) is 6.61 Å². The van der Waals surface area contributed by atoms with E-state index in [0.29, 0.717) is 0 Å². The van der Waals surface area contributed by atoms with E-state index in [9.17, 15) is 0 Å². The van der Waals surface area contributed by atoms with Gasteiger partial charge in [0.25, 0.3) is 0 Å². The summed E-state index contributed by atoms with van der Waals surface area (Å²) in [6, 6.07) is 0. The first kappa shape index (κ1) is 10.5. The third kappa shape index (κ3) is 4.04. The van der Waals surface area contributed by atoms with Crippen LogP contribution in [0.2, 0.25) is 6.82 Å². The molecule has 0 aliphatic carbocycles. The normalized spacial score (nSPS) is 12.5. The summed E-state index contributed by atoms with van der Waals surface area (Å²) in [4.78, 5) is 0. The average molecular weight is 152 g/mol. The molecule has 0 atom stereocenters. The molecule has 0 N–H and O–H groups in total. The molecule has 0 aliphatic rings. The fraction of sp³-hybridized carbons (Fsp3) is 0.556. The second-order valence-electron chi connectivity index (χ2n) is 2.39. The minimum atomic E-state index is 0.223. The van der Waals surface area contributed by atoms with Crippen LogP contribution in [-0.4, -0.2) is 13.5 Å². The lowest BCUT2D eigenvalue weighted by Gasteiger charge is -2.07. The highest BCUT2D eigenvalue weighted by atomic mass is 16.4. The molecule has 0 heterocycles. The van der Waals surface area contributed by atoms with Gasteiger partial charge in [-0.25, -0.2) is 0 Å². The summed E-state index contributed by atoms with van der Waals surface area (Å²) in [7, 11) is 0. The number of allylic oxidation sites excluding steroid dienone is 4. The molecular weight excluding hydrogens is 135 g/mol. The van der Waals surface area contributed by atoms with E-state index >= 15 is 0 Å². The Morgan fingerprint density at radius 3 is 2.45 bits per heavy atom. The Labute approximate surface area is 70.3 Å². The second-order valence-corrected chi connectivity index (χ2v) is 2.39. The van der Waals surface area contributed by atoms with E-state index < -0.39 is 0 Å². The van der Waals surface area contributed by atoms with Crippen molar-refractivity contribution in [2.24, 2.45) is 0 Å². The van der Waals surface area contributed by atoms with E-state index in [1.165, 1.54) is 5.47 Å². The maximum absolute atomic E-state index is 5.43. The molecule has 0 radical (unpaired) electrons. The molecule has 62 valence electrons. The molecule has 0 spiro atoms. The zero-order valence-electron chi connectivity index (χ0n) is 7.92. The predicted octanol–water partition coefficient (Wildman–Crippen LogP) is 2.71. The molecule has 1 nitrogen and oxygen atoms in total. The molecule has 0 rings (SSSR count). The van der Waals surface area contributed by atoms with Gasteiger partial charge in [-0.1, -0.05) is 30.5 Å². The van der Waals surface area contributed by atoms with Crippen molar-refractivity contribution < 1.29 is 4.65 Å². The first-order valence-corrected chi connectivity index (χ1v) is 4.16. The van der Waals surface area contributed by atoms with Gasteiger partial charge in [0.05, 0.1) is 0 Å². The Balaban J connectivity index is 4.04. The minimum Gasteiger partial charge on any atom is -0.431 e. The van der Waals surface area contributed by atoms with E-state index in [1.54, 1.807) is 0 Å². The Morgan fingerprint density at radius 1 is 1.45 bits per heavy atom. The average Bonchev–Trinajstić information content (AvgIpc) is 2.00. The quantitative estimate of drug-likeness (QED) is 0.444. The van der Waals surface area contributed by atoms with Gasteiger partial charge in [0.2, 0.25) is 0 Å². The second kappa shape index (κ2) is 6.23. The monoisotopic (exact) mass is 152 g/mol. The van der Waals surface area contributed by atoms with Crippen LogP contribution in [-0.2, 0) is 4.65 Å². The molecule has 0 aromatic rings. The molecule has 0 bridgehead atoms. The highest BCUT2D eigenvalue weighted by Crippen LogP contribution is 2.03. The molecular formula is C9H17BO. The van der Waals surface area contributed by atoms with E-state index in [2.05, 4.69) is 19.0 Å². The van der Waals surface area contributed by atoms with Crippen molar-refractivity contribution in [3.05, 3.63) is 23.7 Å². The van der Waals surface area contributed by atoms with Crippen LogP contribution >= 0.6 is 0 Å². The standard InChI is InChI=1S/C9H17BO/c1-5-8-9(6-2)10(4)11-7-3/h5-6,8H,7H2,1-4H3/b8-5-,9-6+. The van der Waals surface area contributed by atoms with Crippen LogP contribution in [0, 0.1) is 0 Å². The summed E-state index contributed by atoms with van der Waals surface area (Å²) in [6.07, 6.45) is 6.20. The van der Waals surface area contributed by atoms with Crippen molar-refractivity contribution >= 4 is 6.92 Å². The van der Waals surface area contributed by atoms with Crippen LogP contribution in [0.3, 0.4) is 0 Å². The summed E-state index contributed by atoms with van der Waals surface area (Å²) >= 11 is 0. The van der Waals surface area contributed by atoms with Crippen molar-refractivity contribution in [3.63, 3.8) is 0 Å². The van der Waals surface area contributed by atoms with Gasteiger partial charge in [0.15, 0.2) is 0 Å². The summed E-state index contributed by atoms with van der Waals surface area (Å²) < 4.78 is 5.43. The topological polar surface area (TPSA) is 9.23 Å². The first-order valence-electron chi connectivity index (χ1n) is 4.16. The Morgan fingerprint density at radius 2 is 2.09 bits per heavy atom. The Bertz CT molecular complexity index is 150. The summed E-state index contributed by atoms with van der Waals surface area (Å²) in [6.45, 7) is 9.13. The lowest BCUT2D eigenvalue weighted by atomic mass is 9.62. The molecule has 11 heavy (non-hydrogen) atoms. The fourth-order valence-corrected chi connectivity index (χ4v) is 1.01. The van der Waals surface area contributed by atoms with Crippen molar-refractivity contribution in [2.45, 2.75) is 27.6 Å². The zero-order chi connectivity index (χ0) is 8.69. The van der Waals surface area contributed by atoms with Crippen molar-refractivity contribution in [2.75, 3.05) is 6.61 Å². The maximum Gasteiger partial charge on any atom is 0.323 e. The summed E-state index contributed by atoms with van der Waals surface area (Å²) in [5.74, 6) is 0. The Kier molecular flexibility index (Phi) is 5.95. The fourth-order valence-electron chi connectivity index (χ4n) is 1.01. The predicted molar refractivity (Wildman–Crippen MR) is 51.8 cm³/mol. The minimum absolute atomic E-state index is 0.223. The van der Waals surface area contributed by atoms with Gasteiger partial charge in [-0.2, -0.15) is 0 Å². The lowest BCUT2D eigenvalue weighted by Crippen LogP contribution is -2.15. The molecule has 0 saturated carbocycles. The molecule has 0 saturated heterocycles. The molecule has 0 fully saturated rings. The van der Waals surface area contributed by atoms with E-state index in [-0.39, 0.29) is 6.92 Å². The van der Waals surface area contributed by atoms with Gasteiger partial charge in [-0.05, 0) is 20.8 Å². The molecule has 0 amide bonds. The van der Waals surface area contributed by atoms with Crippen LogP contribution in [0.15, 0.2) is 23.7 Å².